The first-order valence-corrected chi connectivity index (χ1v) is 5.13. The Labute approximate surface area is 88.8 Å². The Morgan fingerprint density at radius 2 is 2.29 bits per heavy atom. The van der Waals surface area contributed by atoms with E-state index in [4.69, 9.17) is 16.3 Å². The zero-order chi connectivity index (χ0) is 10.4. The molecular weight excluding hydrogens is 200 g/mol. The van der Waals surface area contributed by atoms with Crippen LogP contribution in [0.3, 0.4) is 0 Å². The number of ether oxygens (including phenoxy) is 1. The van der Waals surface area contributed by atoms with Crippen molar-refractivity contribution in [1.82, 2.24) is 0 Å². The van der Waals surface area contributed by atoms with Gasteiger partial charge in [0.2, 0.25) is 0 Å². The van der Waals surface area contributed by atoms with Crippen molar-refractivity contribution in [3.63, 3.8) is 0 Å². The molecule has 0 fully saturated rings. The topological polar surface area (TPSA) is 26.3 Å². The minimum absolute atomic E-state index is 0.279. The molecule has 14 heavy (non-hydrogen) atoms. The van der Waals surface area contributed by atoms with Crippen molar-refractivity contribution in [1.29, 1.82) is 0 Å². The van der Waals surface area contributed by atoms with E-state index in [1.165, 1.54) is 0 Å². The van der Waals surface area contributed by atoms with Crippen LogP contribution >= 0.6 is 11.6 Å². The van der Waals surface area contributed by atoms with E-state index in [2.05, 4.69) is 0 Å². The first-order chi connectivity index (χ1) is 6.77. The van der Waals surface area contributed by atoms with Gasteiger partial charge in [0.1, 0.15) is 0 Å². The molecule has 0 amide bonds. The van der Waals surface area contributed by atoms with Crippen LogP contribution in [0.15, 0.2) is 24.3 Å². The van der Waals surface area contributed by atoms with Crippen molar-refractivity contribution in [3.8, 4) is 0 Å². The Morgan fingerprint density at radius 1 is 1.50 bits per heavy atom. The molecule has 0 saturated heterocycles. The fourth-order valence-corrected chi connectivity index (χ4v) is 1.23. The van der Waals surface area contributed by atoms with Crippen molar-refractivity contribution in [2.45, 2.75) is 19.2 Å². The normalized spacial score (nSPS) is 9.86. The lowest BCUT2D eigenvalue weighted by atomic mass is 10.1. The summed E-state index contributed by atoms with van der Waals surface area (Å²) in [5, 5.41) is 0. The molecule has 0 heterocycles. The van der Waals surface area contributed by atoms with E-state index in [9.17, 15) is 4.79 Å². The Morgan fingerprint density at radius 3 is 2.93 bits per heavy atom. The number of benzene rings is 1. The number of alkyl halides is 1. The summed E-state index contributed by atoms with van der Waals surface area (Å²) in [6.45, 7) is 2.42. The zero-order valence-corrected chi connectivity index (χ0v) is 8.88. The standard InChI is InChI=1S/C11H13ClO2/c1-2-6-14-11(13)10-5-3-4-9(7-10)8-12/h3-5,7H,2,6,8H2,1H3. The van der Waals surface area contributed by atoms with E-state index < -0.39 is 0 Å². The maximum absolute atomic E-state index is 11.4. The Kier molecular flexibility index (Phi) is 4.47. The van der Waals surface area contributed by atoms with Gasteiger partial charge in [0.05, 0.1) is 12.2 Å². The van der Waals surface area contributed by atoms with Gasteiger partial charge in [-0.1, -0.05) is 19.1 Å². The molecule has 0 bridgehead atoms. The molecule has 0 aliphatic carbocycles. The number of carbonyl (C=O) groups excluding carboxylic acids is 1. The molecule has 0 aliphatic rings. The van der Waals surface area contributed by atoms with Crippen LogP contribution in [-0.4, -0.2) is 12.6 Å². The molecule has 0 atom stereocenters. The van der Waals surface area contributed by atoms with Gasteiger partial charge < -0.3 is 4.74 Å². The highest BCUT2D eigenvalue weighted by Crippen LogP contribution is 2.09. The summed E-state index contributed by atoms with van der Waals surface area (Å²) in [5.41, 5.74) is 1.49. The van der Waals surface area contributed by atoms with Gasteiger partial charge in [-0.05, 0) is 24.1 Å². The number of esters is 1. The average Bonchev–Trinajstić information content (AvgIpc) is 2.26. The maximum Gasteiger partial charge on any atom is 0.338 e. The van der Waals surface area contributed by atoms with Gasteiger partial charge in [-0.15, -0.1) is 11.6 Å². The molecule has 1 aromatic rings. The third kappa shape index (κ3) is 3.04. The van der Waals surface area contributed by atoms with Gasteiger partial charge >= 0.3 is 5.97 Å². The van der Waals surface area contributed by atoms with E-state index in [-0.39, 0.29) is 5.97 Å². The fourth-order valence-electron chi connectivity index (χ4n) is 1.06. The molecule has 0 radical (unpaired) electrons. The predicted octanol–water partition coefficient (Wildman–Crippen LogP) is 2.99. The van der Waals surface area contributed by atoms with Crippen LogP contribution in [0.2, 0.25) is 0 Å². The Hall–Kier alpha value is -1.02. The second-order valence-electron chi connectivity index (χ2n) is 2.97. The number of hydrogen-bond donors (Lipinski definition) is 0. The van der Waals surface area contributed by atoms with Gasteiger partial charge in [0.25, 0.3) is 0 Å². The summed E-state index contributed by atoms with van der Waals surface area (Å²) in [6.07, 6.45) is 0.834. The molecule has 1 aromatic carbocycles. The van der Waals surface area contributed by atoms with Crippen LogP contribution in [-0.2, 0) is 10.6 Å². The molecule has 0 N–H and O–H groups in total. The summed E-state index contributed by atoms with van der Waals surface area (Å²) in [4.78, 5) is 11.4. The molecule has 0 aliphatic heterocycles. The molecular formula is C11H13ClO2. The van der Waals surface area contributed by atoms with Crippen LogP contribution in [0.4, 0.5) is 0 Å². The minimum atomic E-state index is -0.279. The third-order valence-electron chi connectivity index (χ3n) is 1.75. The number of hydrogen-bond acceptors (Lipinski definition) is 2. The lowest BCUT2D eigenvalue weighted by Crippen LogP contribution is -2.05. The van der Waals surface area contributed by atoms with Crippen LogP contribution in [0.25, 0.3) is 0 Å². The average molecular weight is 213 g/mol. The summed E-state index contributed by atoms with van der Waals surface area (Å²) >= 11 is 5.66. The highest BCUT2D eigenvalue weighted by atomic mass is 35.5. The SMILES string of the molecule is CCCOC(=O)c1cccc(CCl)c1. The zero-order valence-electron chi connectivity index (χ0n) is 8.13. The lowest BCUT2D eigenvalue weighted by molar-refractivity contribution is 0.0505. The summed E-state index contributed by atoms with van der Waals surface area (Å²) in [7, 11) is 0. The van der Waals surface area contributed by atoms with Crippen LogP contribution in [0.5, 0.6) is 0 Å². The van der Waals surface area contributed by atoms with Gasteiger partial charge in [-0.3, -0.25) is 0 Å². The second kappa shape index (κ2) is 5.66. The van der Waals surface area contributed by atoms with E-state index in [0.717, 1.165) is 12.0 Å². The highest BCUT2D eigenvalue weighted by Gasteiger charge is 2.06. The number of halogens is 1. The van der Waals surface area contributed by atoms with Crippen molar-refractivity contribution in [2.75, 3.05) is 6.61 Å². The molecule has 0 saturated carbocycles. The smallest absolute Gasteiger partial charge is 0.338 e. The molecule has 2 nitrogen and oxygen atoms in total. The lowest BCUT2D eigenvalue weighted by Gasteiger charge is -2.03. The van der Waals surface area contributed by atoms with Gasteiger partial charge in [-0.2, -0.15) is 0 Å². The Bertz CT molecular complexity index is 310. The first-order valence-electron chi connectivity index (χ1n) is 4.60. The monoisotopic (exact) mass is 212 g/mol. The minimum Gasteiger partial charge on any atom is -0.462 e. The second-order valence-corrected chi connectivity index (χ2v) is 3.24. The van der Waals surface area contributed by atoms with Crippen molar-refractivity contribution in [3.05, 3.63) is 35.4 Å². The van der Waals surface area contributed by atoms with E-state index >= 15 is 0 Å². The van der Waals surface area contributed by atoms with E-state index in [1.807, 2.05) is 13.0 Å². The summed E-state index contributed by atoms with van der Waals surface area (Å²) in [5.74, 6) is 0.133. The molecule has 1 rings (SSSR count). The quantitative estimate of drug-likeness (QED) is 0.567. The molecule has 76 valence electrons. The predicted molar refractivity (Wildman–Crippen MR) is 56.6 cm³/mol. The molecule has 0 aromatic heterocycles. The van der Waals surface area contributed by atoms with Gasteiger partial charge in [0, 0.05) is 5.88 Å². The molecule has 0 unspecified atom stereocenters. The number of rotatable bonds is 4. The summed E-state index contributed by atoms with van der Waals surface area (Å²) in [6, 6.07) is 7.17. The molecule has 0 spiro atoms. The van der Waals surface area contributed by atoms with Gasteiger partial charge in [-0.25, -0.2) is 4.79 Å². The van der Waals surface area contributed by atoms with E-state index in [1.54, 1.807) is 18.2 Å². The van der Waals surface area contributed by atoms with Crippen LogP contribution in [0.1, 0.15) is 29.3 Å². The van der Waals surface area contributed by atoms with Crippen molar-refractivity contribution >= 4 is 17.6 Å². The summed E-state index contributed by atoms with van der Waals surface area (Å²) < 4.78 is 4.99. The van der Waals surface area contributed by atoms with Crippen LogP contribution < -0.4 is 0 Å². The number of carbonyl (C=O) groups is 1. The third-order valence-corrected chi connectivity index (χ3v) is 2.06. The fraction of sp³-hybridized carbons (Fsp3) is 0.364. The highest BCUT2D eigenvalue weighted by molar-refractivity contribution is 6.17. The first kappa shape index (κ1) is 11.1. The molecule has 3 heteroatoms. The van der Waals surface area contributed by atoms with E-state index in [0.29, 0.717) is 18.1 Å². The van der Waals surface area contributed by atoms with Crippen molar-refractivity contribution in [2.24, 2.45) is 0 Å². The van der Waals surface area contributed by atoms with Crippen molar-refractivity contribution < 1.29 is 9.53 Å². The maximum atomic E-state index is 11.4. The van der Waals surface area contributed by atoms with Gasteiger partial charge in [0.15, 0.2) is 0 Å². The largest absolute Gasteiger partial charge is 0.462 e. The Balaban J connectivity index is 2.69. The van der Waals surface area contributed by atoms with Crippen LogP contribution in [0, 0.1) is 0 Å².